The van der Waals surface area contributed by atoms with Crippen molar-refractivity contribution in [1.29, 1.82) is 0 Å². The van der Waals surface area contributed by atoms with Crippen LogP contribution in [0.25, 0.3) is 10.9 Å². The van der Waals surface area contributed by atoms with Gasteiger partial charge >= 0.3 is 0 Å². The van der Waals surface area contributed by atoms with Crippen LogP contribution in [0.5, 0.6) is 0 Å². The summed E-state index contributed by atoms with van der Waals surface area (Å²) in [7, 11) is 0. The van der Waals surface area contributed by atoms with Crippen LogP contribution >= 0.6 is 0 Å². The van der Waals surface area contributed by atoms with Crippen molar-refractivity contribution >= 4 is 10.9 Å². The first kappa shape index (κ1) is 13.7. The standard InChI is InChI=1S/C18H17FN2/c1-2-20-18(14-8-4-5-9-15(14)19)17-12-11-13-7-3-6-10-16(13)21-17/h3-12,18,20H,2H2,1H3. The van der Waals surface area contributed by atoms with E-state index in [1.54, 1.807) is 12.1 Å². The molecule has 0 fully saturated rings. The highest BCUT2D eigenvalue weighted by atomic mass is 19.1. The zero-order valence-corrected chi connectivity index (χ0v) is 11.9. The molecular formula is C18H17FN2. The minimum Gasteiger partial charge on any atom is -0.305 e. The first-order chi connectivity index (χ1) is 10.3. The maximum Gasteiger partial charge on any atom is 0.128 e. The molecule has 0 radical (unpaired) electrons. The topological polar surface area (TPSA) is 24.9 Å². The van der Waals surface area contributed by atoms with Crippen LogP contribution in [0.2, 0.25) is 0 Å². The summed E-state index contributed by atoms with van der Waals surface area (Å²) in [4.78, 5) is 4.68. The van der Waals surface area contributed by atoms with E-state index in [0.717, 1.165) is 23.1 Å². The second kappa shape index (κ2) is 6.02. The molecule has 3 aromatic rings. The summed E-state index contributed by atoms with van der Waals surface area (Å²) < 4.78 is 14.1. The van der Waals surface area contributed by atoms with E-state index in [9.17, 15) is 4.39 Å². The molecule has 0 aliphatic rings. The Balaban J connectivity index is 2.09. The van der Waals surface area contributed by atoms with Crippen molar-refractivity contribution in [2.75, 3.05) is 6.54 Å². The molecule has 3 heteroatoms. The monoisotopic (exact) mass is 280 g/mol. The van der Waals surface area contributed by atoms with E-state index in [1.165, 1.54) is 6.07 Å². The zero-order valence-electron chi connectivity index (χ0n) is 11.9. The number of aromatic nitrogens is 1. The summed E-state index contributed by atoms with van der Waals surface area (Å²) in [5.41, 5.74) is 2.39. The van der Waals surface area contributed by atoms with Gasteiger partial charge in [-0.1, -0.05) is 49.4 Å². The van der Waals surface area contributed by atoms with Crippen molar-refractivity contribution in [3.63, 3.8) is 0 Å². The number of nitrogens with zero attached hydrogens (tertiary/aromatic N) is 1. The molecule has 106 valence electrons. The summed E-state index contributed by atoms with van der Waals surface area (Å²) >= 11 is 0. The van der Waals surface area contributed by atoms with Gasteiger partial charge in [-0.3, -0.25) is 4.98 Å². The Hall–Kier alpha value is -2.26. The lowest BCUT2D eigenvalue weighted by atomic mass is 10.0. The van der Waals surface area contributed by atoms with Gasteiger partial charge in [0.05, 0.1) is 17.3 Å². The summed E-state index contributed by atoms with van der Waals surface area (Å²) in [6, 6.07) is 18.6. The summed E-state index contributed by atoms with van der Waals surface area (Å²) in [5, 5.41) is 4.41. The lowest BCUT2D eigenvalue weighted by Crippen LogP contribution is -2.23. The lowest BCUT2D eigenvalue weighted by Gasteiger charge is -2.19. The molecule has 0 saturated carbocycles. The van der Waals surface area contributed by atoms with Gasteiger partial charge in [0.25, 0.3) is 0 Å². The van der Waals surface area contributed by atoms with Crippen molar-refractivity contribution in [2.45, 2.75) is 13.0 Å². The van der Waals surface area contributed by atoms with Gasteiger partial charge < -0.3 is 5.32 Å². The highest BCUT2D eigenvalue weighted by molar-refractivity contribution is 5.78. The number of para-hydroxylation sites is 1. The third-order valence-electron chi connectivity index (χ3n) is 3.54. The van der Waals surface area contributed by atoms with Crippen molar-refractivity contribution in [3.05, 3.63) is 77.7 Å². The third-order valence-corrected chi connectivity index (χ3v) is 3.54. The Morgan fingerprint density at radius 1 is 1.00 bits per heavy atom. The van der Waals surface area contributed by atoms with Crippen LogP contribution in [0.1, 0.15) is 24.2 Å². The molecule has 0 aliphatic heterocycles. The molecule has 0 spiro atoms. The predicted octanol–water partition coefficient (Wildman–Crippen LogP) is 4.07. The molecule has 1 unspecified atom stereocenters. The average Bonchev–Trinajstić information content (AvgIpc) is 2.53. The molecule has 1 heterocycles. The van der Waals surface area contributed by atoms with Crippen LogP contribution < -0.4 is 5.32 Å². The van der Waals surface area contributed by atoms with Gasteiger partial charge in [0.1, 0.15) is 5.82 Å². The van der Waals surface area contributed by atoms with Gasteiger partial charge in [-0.25, -0.2) is 4.39 Å². The number of halogens is 1. The van der Waals surface area contributed by atoms with Crippen molar-refractivity contribution in [3.8, 4) is 0 Å². The van der Waals surface area contributed by atoms with Gasteiger partial charge in [0, 0.05) is 10.9 Å². The Labute approximate surface area is 123 Å². The van der Waals surface area contributed by atoms with Crippen molar-refractivity contribution in [2.24, 2.45) is 0 Å². The first-order valence-corrected chi connectivity index (χ1v) is 7.13. The molecule has 21 heavy (non-hydrogen) atoms. The second-order valence-electron chi connectivity index (χ2n) is 4.94. The molecule has 1 atom stereocenters. The minimum atomic E-state index is -0.235. The molecule has 0 aliphatic carbocycles. The van der Waals surface area contributed by atoms with Crippen molar-refractivity contribution in [1.82, 2.24) is 10.3 Å². The lowest BCUT2D eigenvalue weighted by molar-refractivity contribution is 0.553. The largest absolute Gasteiger partial charge is 0.305 e. The van der Waals surface area contributed by atoms with Crippen LogP contribution in [0.15, 0.2) is 60.7 Å². The molecule has 0 amide bonds. The smallest absolute Gasteiger partial charge is 0.128 e. The molecule has 1 aromatic heterocycles. The predicted molar refractivity (Wildman–Crippen MR) is 83.7 cm³/mol. The Morgan fingerprint density at radius 3 is 2.57 bits per heavy atom. The molecule has 1 N–H and O–H groups in total. The van der Waals surface area contributed by atoms with E-state index in [4.69, 9.17) is 0 Å². The maximum absolute atomic E-state index is 14.1. The molecule has 3 rings (SSSR count). The molecule has 2 nitrogen and oxygen atoms in total. The fraction of sp³-hybridized carbons (Fsp3) is 0.167. The quantitative estimate of drug-likeness (QED) is 0.779. The second-order valence-corrected chi connectivity index (χ2v) is 4.94. The SMILES string of the molecule is CCNC(c1ccc2ccccc2n1)c1ccccc1F. The number of nitrogens with one attached hydrogen (secondary N) is 1. The van der Waals surface area contributed by atoms with E-state index in [-0.39, 0.29) is 11.9 Å². The van der Waals surface area contributed by atoms with Gasteiger partial charge in [-0.2, -0.15) is 0 Å². The van der Waals surface area contributed by atoms with Crippen LogP contribution in [0, 0.1) is 5.82 Å². The molecule has 0 bridgehead atoms. The minimum absolute atomic E-state index is 0.210. The van der Waals surface area contributed by atoms with Gasteiger partial charge in [0.15, 0.2) is 0 Å². The average molecular weight is 280 g/mol. The van der Waals surface area contributed by atoms with Gasteiger partial charge in [-0.15, -0.1) is 0 Å². The van der Waals surface area contributed by atoms with Crippen molar-refractivity contribution < 1.29 is 4.39 Å². The summed E-state index contributed by atoms with van der Waals surface area (Å²) in [6.45, 7) is 2.75. The highest BCUT2D eigenvalue weighted by Gasteiger charge is 2.18. The maximum atomic E-state index is 14.1. The van der Waals surface area contributed by atoms with E-state index < -0.39 is 0 Å². The van der Waals surface area contributed by atoms with E-state index in [0.29, 0.717) is 5.56 Å². The van der Waals surface area contributed by atoms with Crippen LogP contribution in [-0.4, -0.2) is 11.5 Å². The zero-order chi connectivity index (χ0) is 14.7. The number of pyridine rings is 1. The number of benzene rings is 2. The molecule has 0 saturated heterocycles. The summed E-state index contributed by atoms with van der Waals surface area (Å²) in [5.74, 6) is -0.210. The number of hydrogen-bond acceptors (Lipinski definition) is 2. The van der Waals surface area contributed by atoms with E-state index >= 15 is 0 Å². The molecule has 2 aromatic carbocycles. The Morgan fingerprint density at radius 2 is 1.76 bits per heavy atom. The van der Waals surface area contributed by atoms with E-state index in [2.05, 4.69) is 10.3 Å². The fourth-order valence-electron chi connectivity index (χ4n) is 2.53. The molecular weight excluding hydrogens is 263 g/mol. The van der Waals surface area contributed by atoms with Crippen LogP contribution in [-0.2, 0) is 0 Å². The third kappa shape index (κ3) is 2.78. The van der Waals surface area contributed by atoms with Gasteiger partial charge in [-0.05, 0) is 24.7 Å². The number of hydrogen-bond donors (Lipinski definition) is 1. The van der Waals surface area contributed by atoms with Crippen LogP contribution in [0.4, 0.5) is 4.39 Å². The Kier molecular flexibility index (Phi) is 3.93. The number of rotatable bonds is 4. The highest BCUT2D eigenvalue weighted by Crippen LogP contribution is 2.24. The normalized spacial score (nSPS) is 12.5. The van der Waals surface area contributed by atoms with E-state index in [1.807, 2.05) is 49.4 Å². The fourth-order valence-corrected chi connectivity index (χ4v) is 2.53. The van der Waals surface area contributed by atoms with Gasteiger partial charge in [0.2, 0.25) is 0 Å². The first-order valence-electron chi connectivity index (χ1n) is 7.13. The Bertz CT molecular complexity index is 755. The van der Waals surface area contributed by atoms with Crippen LogP contribution in [0.3, 0.4) is 0 Å². The summed E-state index contributed by atoms with van der Waals surface area (Å²) in [6.07, 6.45) is 0. The number of fused-ring (bicyclic) bond motifs is 1.